The van der Waals surface area contributed by atoms with Gasteiger partial charge in [-0.1, -0.05) is 105 Å². The van der Waals surface area contributed by atoms with Gasteiger partial charge in [0.15, 0.2) is 0 Å². The van der Waals surface area contributed by atoms with Crippen LogP contribution in [0.15, 0.2) is 58.7 Å². The summed E-state index contributed by atoms with van der Waals surface area (Å²) in [6.07, 6.45) is 7.86. The molecule has 4 aliphatic carbocycles. The third-order valence-electron chi connectivity index (χ3n) is 13.0. The van der Waals surface area contributed by atoms with E-state index in [-0.39, 0.29) is 16.2 Å². The molecule has 1 fully saturated rings. The highest BCUT2D eigenvalue weighted by Gasteiger charge is 2.69. The SMILES string of the molecule is C=C(C)C1=C(C)CC2(C)C(C)C3(C)C(C)C4=C(C(=C)C3C(C)C2(C)C1=C)C(C)C(CCCC)CC4. The van der Waals surface area contributed by atoms with Crippen molar-refractivity contribution in [3.63, 3.8) is 0 Å². The molecule has 9 unspecified atom stereocenters. The van der Waals surface area contributed by atoms with Crippen molar-refractivity contribution >= 4 is 0 Å². The van der Waals surface area contributed by atoms with E-state index >= 15 is 0 Å². The molecule has 0 amide bonds. The molecule has 9 atom stereocenters. The van der Waals surface area contributed by atoms with Crippen LogP contribution in [0, 0.1) is 51.8 Å². The first-order valence-corrected chi connectivity index (χ1v) is 14.7. The van der Waals surface area contributed by atoms with E-state index in [0.29, 0.717) is 29.6 Å². The molecular weight excluding hydrogens is 420 g/mol. The zero-order chi connectivity index (χ0) is 26.2. The minimum atomic E-state index is 0.0324. The summed E-state index contributed by atoms with van der Waals surface area (Å²) in [5.74, 6) is 3.66. The van der Waals surface area contributed by atoms with Gasteiger partial charge in [-0.15, -0.1) is 0 Å². The van der Waals surface area contributed by atoms with Gasteiger partial charge in [-0.25, -0.2) is 0 Å². The summed E-state index contributed by atoms with van der Waals surface area (Å²) in [5, 5.41) is 0. The van der Waals surface area contributed by atoms with Crippen molar-refractivity contribution in [2.75, 3.05) is 0 Å². The molecule has 35 heavy (non-hydrogen) atoms. The Morgan fingerprint density at radius 3 is 2.26 bits per heavy atom. The highest BCUT2D eigenvalue weighted by Crippen LogP contribution is 2.76. The molecule has 0 heteroatoms. The molecule has 0 bridgehead atoms. The first-order chi connectivity index (χ1) is 16.2. The molecule has 0 heterocycles. The lowest BCUT2D eigenvalue weighted by atomic mass is 9.32. The monoisotopic (exact) mass is 474 g/mol. The van der Waals surface area contributed by atoms with Crippen LogP contribution in [0.1, 0.15) is 108 Å². The summed E-state index contributed by atoms with van der Waals surface area (Å²) in [6.45, 7) is 39.1. The maximum Gasteiger partial charge on any atom is 0.00160 e. The third-order valence-corrected chi connectivity index (χ3v) is 13.0. The third kappa shape index (κ3) is 3.23. The fourth-order valence-corrected chi connectivity index (χ4v) is 10.5. The standard InChI is InChI=1S/C35H54/c1-14-15-16-28-17-18-29-24(7)34(12)27(10)33(11)19-21(4)30(20(2)3)25(8)35(33,13)26(9)32(34)23(6)31(29)22(28)5/h22,24,26-28,32H,2,6,8,14-19H2,1,3-5,7,9-13H3. The lowest BCUT2D eigenvalue weighted by Gasteiger charge is -2.72. The van der Waals surface area contributed by atoms with Gasteiger partial charge < -0.3 is 0 Å². The van der Waals surface area contributed by atoms with Crippen molar-refractivity contribution in [2.24, 2.45) is 51.8 Å². The summed E-state index contributed by atoms with van der Waals surface area (Å²) < 4.78 is 0. The van der Waals surface area contributed by atoms with Crippen LogP contribution in [0.2, 0.25) is 0 Å². The fraction of sp³-hybridized carbons (Fsp3) is 0.714. The van der Waals surface area contributed by atoms with Gasteiger partial charge in [0.2, 0.25) is 0 Å². The maximum atomic E-state index is 4.98. The number of allylic oxidation sites excluding steroid dienone is 7. The Morgan fingerprint density at radius 2 is 1.69 bits per heavy atom. The number of fused-ring (bicyclic) bond motifs is 2. The molecular formula is C35H54. The van der Waals surface area contributed by atoms with Gasteiger partial charge >= 0.3 is 0 Å². The first-order valence-electron chi connectivity index (χ1n) is 14.7. The Morgan fingerprint density at radius 1 is 1.06 bits per heavy atom. The van der Waals surface area contributed by atoms with E-state index < -0.39 is 0 Å². The molecule has 0 radical (unpaired) electrons. The minimum Gasteiger partial charge on any atom is -0.0955 e. The largest absolute Gasteiger partial charge is 0.0955 e. The molecule has 194 valence electrons. The van der Waals surface area contributed by atoms with Crippen molar-refractivity contribution in [1.29, 1.82) is 0 Å². The highest BCUT2D eigenvalue weighted by molar-refractivity contribution is 5.56. The molecule has 0 saturated heterocycles. The van der Waals surface area contributed by atoms with E-state index in [0.717, 1.165) is 12.3 Å². The second-order valence-corrected chi connectivity index (χ2v) is 14.0. The fourth-order valence-electron chi connectivity index (χ4n) is 10.5. The first kappa shape index (κ1) is 26.8. The van der Waals surface area contributed by atoms with Gasteiger partial charge in [-0.2, -0.15) is 0 Å². The topological polar surface area (TPSA) is 0 Å². The van der Waals surface area contributed by atoms with Crippen LogP contribution in [0.4, 0.5) is 0 Å². The molecule has 0 aromatic heterocycles. The average Bonchev–Trinajstić information content (AvgIpc) is 2.78. The lowest BCUT2D eigenvalue weighted by molar-refractivity contribution is -0.169. The van der Waals surface area contributed by atoms with E-state index in [1.54, 1.807) is 11.1 Å². The van der Waals surface area contributed by atoms with Gasteiger partial charge in [0.25, 0.3) is 0 Å². The predicted octanol–water partition coefficient (Wildman–Crippen LogP) is 10.5. The Kier molecular flexibility index (Phi) is 6.60. The Labute approximate surface area is 218 Å². The van der Waals surface area contributed by atoms with E-state index in [1.807, 2.05) is 0 Å². The van der Waals surface area contributed by atoms with Crippen LogP contribution in [0.5, 0.6) is 0 Å². The lowest BCUT2D eigenvalue weighted by Crippen LogP contribution is -2.66. The molecule has 4 aliphatic rings. The van der Waals surface area contributed by atoms with Crippen LogP contribution in [-0.4, -0.2) is 0 Å². The smallest absolute Gasteiger partial charge is 0.00160 e. The van der Waals surface area contributed by atoms with Gasteiger partial charge in [0, 0.05) is 5.41 Å². The average molecular weight is 475 g/mol. The number of hydrogen-bond donors (Lipinski definition) is 0. The predicted molar refractivity (Wildman–Crippen MR) is 154 cm³/mol. The number of hydrogen-bond acceptors (Lipinski definition) is 0. The Balaban J connectivity index is 1.88. The summed E-state index contributed by atoms with van der Waals surface area (Å²) in [4.78, 5) is 0. The van der Waals surface area contributed by atoms with Crippen molar-refractivity contribution in [1.82, 2.24) is 0 Å². The molecule has 0 nitrogen and oxygen atoms in total. The normalized spacial score (nSPS) is 45.8. The minimum absolute atomic E-state index is 0.0324. The van der Waals surface area contributed by atoms with Gasteiger partial charge in [0.05, 0.1) is 0 Å². The zero-order valence-corrected chi connectivity index (χ0v) is 24.8. The maximum absolute atomic E-state index is 4.98. The summed E-state index contributed by atoms with van der Waals surface area (Å²) >= 11 is 0. The van der Waals surface area contributed by atoms with Crippen LogP contribution >= 0.6 is 0 Å². The van der Waals surface area contributed by atoms with Crippen LogP contribution < -0.4 is 0 Å². The quantitative estimate of drug-likeness (QED) is 0.380. The van der Waals surface area contributed by atoms with Crippen molar-refractivity contribution in [3.05, 3.63) is 58.7 Å². The second kappa shape index (κ2) is 8.63. The zero-order valence-electron chi connectivity index (χ0n) is 24.8. The van der Waals surface area contributed by atoms with E-state index in [4.69, 9.17) is 13.2 Å². The van der Waals surface area contributed by atoms with Crippen molar-refractivity contribution in [3.8, 4) is 0 Å². The van der Waals surface area contributed by atoms with Crippen LogP contribution in [-0.2, 0) is 0 Å². The summed E-state index contributed by atoms with van der Waals surface area (Å²) in [7, 11) is 0. The molecule has 0 N–H and O–H groups in total. The van der Waals surface area contributed by atoms with Gasteiger partial charge in [0.1, 0.15) is 0 Å². The van der Waals surface area contributed by atoms with E-state index in [9.17, 15) is 0 Å². The molecule has 0 aliphatic heterocycles. The van der Waals surface area contributed by atoms with Crippen LogP contribution in [0.25, 0.3) is 0 Å². The van der Waals surface area contributed by atoms with E-state index in [1.165, 1.54) is 60.0 Å². The Hall–Kier alpha value is -1.30. The van der Waals surface area contributed by atoms with Crippen molar-refractivity contribution in [2.45, 2.75) is 108 Å². The molecule has 4 rings (SSSR count). The molecule has 0 aromatic rings. The Bertz CT molecular complexity index is 1010. The summed E-state index contributed by atoms with van der Waals surface area (Å²) in [6, 6.07) is 0. The highest BCUT2D eigenvalue weighted by atomic mass is 14.7. The number of unbranched alkanes of at least 4 members (excludes halogenated alkanes) is 1. The van der Waals surface area contributed by atoms with Crippen molar-refractivity contribution < 1.29 is 0 Å². The van der Waals surface area contributed by atoms with E-state index in [2.05, 4.69) is 75.8 Å². The second-order valence-electron chi connectivity index (χ2n) is 14.0. The van der Waals surface area contributed by atoms with Crippen LogP contribution in [0.3, 0.4) is 0 Å². The molecule has 1 saturated carbocycles. The summed E-state index contributed by atoms with van der Waals surface area (Å²) in [5.41, 5.74) is 10.8. The van der Waals surface area contributed by atoms with Gasteiger partial charge in [-0.05, 0) is 108 Å². The molecule has 0 spiro atoms. The molecule has 0 aromatic carbocycles. The number of rotatable bonds is 4. The van der Waals surface area contributed by atoms with Gasteiger partial charge in [-0.3, -0.25) is 0 Å².